The summed E-state index contributed by atoms with van der Waals surface area (Å²) < 4.78 is 33.7. The number of primary amides is 1. The number of carbonyl (C=O) groups excluding carboxylic acids is 2. The first-order valence-corrected chi connectivity index (χ1v) is 11.8. The van der Waals surface area contributed by atoms with E-state index in [1.807, 2.05) is 0 Å². The largest absolute Gasteiger partial charge is 0.465 e. The molecule has 166 valence electrons. The maximum Gasteiger partial charge on any atom is 0.337 e. The minimum absolute atomic E-state index is 0.0141. The van der Waals surface area contributed by atoms with Gasteiger partial charge < -0.3 is 10.5 Å². The monoisotopic (exact) mass is 516 g/mol. The summed E-state index contributed by atoms with van der Waals surface area (Å²) >= 11 is 3.29. The molecule has 0 aliphatic carbocycles. The first kappa shape index (κ1) is 23.6. The molecule has 3 aromatic rings. The number of benzene rings is 3. The highest BCUT2D eigenvalue weighted by Crippen LogP contribution is 2.31. The zero-order valence-electron chi connectivity index (χ0n) is 17.1. The Kier molecular flexibility index (Phi) is 7.44. The van der Waals surface area contributed by atoms with Crippen LogP contribution in [0.4, 0.5) is 0 Å². The number of nitrogens with two attached hydrogens (primary N) is 1. The third-order valence-corrected chi connectivity index (χ3v) is 7.09. The van der Waals surface area contributed by atoms with Crippen LogP contribution in [0, 0.1) is 0 Å². The molecule has 0 radical (unpaired) electrons. The fourth-order valence-electron chi connectivity index (χ4n) is 3.23. The number of ether oxygens (including phenoxy) is 1. The van der Waals surface area contributed by atoms with E-state index >= 15 is 0 Å². The highest BCUT2D eigenvalue weighted by Gasteiger charge is 2.36. The molecule has 0 saturated heterocycles. The van der Waals surface area contributed by atoms with Crippen molar-refractivity contribution in [3.63, 3.8) is 0 Å². The predicted octanol–water partition coefficient (Wildman–Crippen LogP) is 3.65. The maximum atomic E-state index is 13.7. The van der Waals surface area contributed by atoms with Crippen LogP contribution in [0.1, 0.15) is 27.5 Å². The standard InChI is InChI=1S/C23H21BrN2O5S/c1-31-23(28)18-12-10-16(11-13-18)15-26(21(22(25)27)17-6-3-2-4-7-17)32(29,30)20-9-5-8-19(24)14-20/h2-14,21H,15H2,1H3,(H2,25,27)/t21-/m1/s1. The fraction of sp³-hybridized carbons (Fsp3) is 0.130. The number of hydrogen-bond donors (Lipinski definition) is 1. The SMILES string of the molecule is COC(=O)c1ccc(CN([C@@H](C(N)=O)c2ccccc2)S(=O)(=O)c2cccc(Br)c2)cc1. The van der Waals surface area contributed by atoms with Gasteiger partial charge in [0.15, 0.2) is 0 Å². The lowest BCUT2D eigenvalue weighted by atomic mass is 10.1. The smallest absolute Gasteiger partial charge is 0.337 e. The van der Waals surface area contributed by atoms with Crippen molar-refractivity contribution in [3.8, 4) is 0 Å². The Morgan fingerprint density at radius 1 is 1.00 bits per heavy atom. The van der Waals surface area contributed by atoms with Gasteiger partial charge in [-0.3, -0.25) is 4.79 Å². The van der Waals surface area contributed by atoms with Crippen molar-refractivity contribution in [3.05, 3.63) is 100 Å². The summed E-state index contributed by atoms with van der Waals surface area (Å²) in [6.45, 7) is -0.140. The first-order valence-electron chi connectivity index (χ1n) is 9.53. The zero-order chi connectivity index (χ0) is 23.3. The Morgan fingerprint density at radius 2 is 1.66 bits per heavy atom. The molecule has 0 aliphatic rings. The van der Waals surface area contributed by atoms with E-state index < -0.39 is 27.9 Å². The topological polar surface area (TPSA) is 107 Å². The number of methoxy groups -OCH3 is 1. The van der Waals surface area contributed by atoms with Crippen LogP contribution in [0.2, 0.25) is 0 Å². The minimum Gasteiger partial charge on any atom is -0.465 e. The van der Waals surface area contributed by atoms with Crippen molar-refractivity contribution in [1.29, 1.82) is 0 Å². The molecule has 2 N–H and O–H groups in total. The van der Waals surface area contributed by atoms with E-state index in [0.717, 1.165) is 4.31 Å². The zero-order valence-corrected chi connectivity index (χ0v) is 19.5. The van der Waals surface area contributed by atoms with Crippen molar-refractivity contribution in [1.82, 2.24) is 4.31 Å². The molecule has 0 aliphatic heterocycles. The van der Waals surface area contributed by atoms with Crippen LogP contribution in [0.25, 0.3) is 0 Å². The van der Waals surface area contributed by atoms with E-state index in [-0.39, 0.29) is 11.4 Å². The van der Waals surface area contributed by atoms with Gasteiger partial charge >= 0.3 is 5.97 Å². The third-order valence-electron chi connectivity index (χ3n) is 4.79. The molecular formula is C23H21BrN2O5S. The number of nitrogens with zero attached hydrogens (tertiary/aromatic N) is 1. The van der Waals surface area contributed by atoms with Gasteiger partial charge in [-0.1, -0.05) is 64.5 Å². The summed E-state index contributed by atoms with van der Waals surface area (Å²) in [5, 5.41) is 0. The van der Waals surface area contributed by atoms with Gasteiger partial charge in [0, 0.05) is 11.0 Å². The summed E-state index contributed by atoms with van der Waals surface area (Å²) in [5.41, 5.74) is 7.04. The number of rotatable bonds is 8. The fourth-order valence-corrected chi connectivity index (χ4v) is 5.40. The van der Waals surface area contributed by atoms with Gasteiger partial charge in [-0.15, -0.1) is 0 Å². The third kappa shape index (κ3) is 5.24. The van der Waals surface area contributed by atoms with Crippen LogP contribution < -0.4 is 5.73 Å². The molecule has 3 aromatic carbocycles. The number of sulfonamides is 1. The Morgan fingerprint density at radius 3 is 2.22 bits per heavy atom. The van der Waals surface area contributed by atoms with Gasteiger partial charge in [0.1, 0.15) is 6.04 Å². The molecule has 0 spiro atoms. The number of esters is 1. The minimum atomic E-state index is -4.13. The van der Waals surface area contributed by atoms with E-state index in [1.165, 1.54) is 31.4 Å². The second-order valence-corrected chi connectivity index (χ2v) is 9.72. The van der Waals surface area contributed by atoms with Gasteiger partial charge in [-0.25, -0.2) is 13.2 Å². The summed E-state index contributed by atoms with van der Waals surface area (Å²) in [6.07, 6.45) is 0. The van der Waals surface area contributed by atoms with Crippen molar-refractivity contribution < 1.29 is 22.7 Å². The molecule has 32 heavy (non-hydrogen) atoms. The van der Waals surface area contributed by atoms with Crippen LogP contribution in [-0.4, -0.2) is 31.7 Å². The summed E-state index contributed by atoms with van der Waals surface area (Å²) in [7, 11) is -2.86. The average Bonchev–Trinajstić information content (AvgIpc) is 2.79. The van der Waals surface area contributed by atoms with Crippen LogP contribution >= 0.6 is 15.9 Å². The normalized spacial score (nSPS) is 12.3. The quantitative estimate of drug-likeness (QED) is 0.459. The van der Waals surface area contributed by atoms with Crippen molar-refractivity contribution in [2.24, 2.45) is 5.73 Å². The lowest BCUT2D eigenvalue weighted by Crippen LogP contribution is -2.41. The van der Waals surface area contributed by atoms with Gasteiger partial charge in [0.25, 0.3) is 0 Å². The highest BCUT2D eigenvalue weighted by molar-refractivity contribution is 9.10. The molecule has 1 amide bonds. The van der Waals surface area contributed by atoms with Gasteiger partial charge in [0.2, 0.25) is 15.9 Å². The molecule has 9 heteroatoms. The first-order chi connectivity index (χ1) is 15.2. The number of carbonyl (C=O) groups is 2. The van der Waals surface area contributed by atoms with E-state index in [9.17, 15) is 18.0 Å². The van der Waals surface area contributed by atoms with Gasteiger partial charge in [-0.2, -0.15) is 4.31 Å². The van der Waals surface area contributed by atoms with E-state index in [2.05, 4.69) is 15.9 Å². The Bertz CT molecular complexity index is 1210. The summed E-state index contributed by atoms with van der Waals surface area (Å²) in [6, 6.07) is 19.8. The van der Waals surface area contributed by atoms with Crippen LogP contribution in [0.5, 0.6) is 0 Å². The molecule has 0 unspecified atom stereocenters. The summed E-state index contributed by atoms with van der Waals surface area (Å²) in [5.74, 6) is -1.31. The lowest BCUT2D eigenvalue weighted by Gasteiger charge is -2.29. The Balaban J connectivity index is 2.10. The molecule has 0 heterocycles. The molecule has 7 nitrogen and oxygen atoms in total. The van der Waals surface area contributed by atoms with E-state index in [4.69, 9.17) is 10.5 Å². The Hall–Kier alpha value is -3.01. The molecule has 0 aromatic heterocycles. The van der Waals surface area contributed by atoms with Crippen LogP contribution in [0.3, 0.4) is 0 Å². The second-order valence-electron chi connectivity index (χ2n) is 6.91. The molecule has 0 saturated carbocycles. The van der Waals surface area contributed by atoms with Crippen molar-refractivity contribution in [2.45, 2.75) is 17.5 Å². The number of hydrogen-bond acceptors (Lipinski definition) is 5. The van der Waals surface area contributed by atoms with Gasteiger partial charge in [0.05, 0.1) is 17.6 Å². The molecule has 0 bridgehead atoms. The molecule has 1 atom stereocenters. The Labute approximate surface area is 195 Å². The second kappa shape index (κ2) is 10.1. The average molecular weight is 517 g/mol. The molecular weight excluding hydrogens is 496 g/mol. The van der Waals surface area contributed by atoms with E-state index in [0.29, 0.717) is 21.2 Å². The van der Waals surface area contributed by atoms with Crippen LogP contribution in [-0.2, 0) is 26.1 Å². The van der Waals surface area contributed by atoms with Gasteiger partial charge in [-0.05, 0) is 41.5 Å². The van der Waals surface area contributed by atoms with Crippen molar-refractivity contribution in [2.75, 3.05) is 7.11 Å². The lowest BCUT2D eigenvalue weighted by molar-refractivity contribution is -0.122. The van der Waals surface area contributed by atoms with Crippen LogP contribution in [0.15, 0.2) is 88.2 Å². The maximum absolute atomic E-state index is 13.7. The predicted molar refractivity (Wildman–Crippen MR) is 123 cm³/mol. The van der Waals surface area contributed by atoms with Crippen molar-refractivity contribution >= 4 is 37.8 Å². The van der Waals surface area contributed by atoms with E-state index in [1.54, 1.807) is 54.6 Å². The molecule has 0 fully saturated rings. The molecule has 3 rings (SSSR count). The number of amides is 1. The number of halogens is 1. The highest BCUT2D eigenvalue weighted by atomic mass is 79.9. The summed E-state index contributed by atoms with van der Waals surface area (Å²) in [4.78, 5) is 24.2.